The maximum absolute atomic E-state index is 12.2. The molecule has 1 aliphatic heterocycles. The maximum atomic E-state index is 12.2. The van der Waals surface area contributed by atoms with E-state index in [1.54, 1.807) is 0 Å². The lowest BCUT2D eigenvalue weighted by Crippen LogP contribution is -2.35. The quantitative estimate of drug-likeness (QED) is 0.675. The Hall–Kier alpha value is -2.66. The highest BCUT2D eigenvalue weighted by atomic mass is 35.5. The summed E-state index contributed by atoms with van der Waals surface area (Å²) in [5, 5.41) is 3.39. The molecule has 0 spiro atoms. The van der Waals surface area contributed by atoms with Gasteiger partial charge in [0.25, 0.3) is 5.91 Å². The average molecular weight is 357 g/mol. The topological polar surface area (TPSA) is 66.5 Å². The molecule has 1 atom stereocenters. The second-order valence-corrected chi connectivity index (χ2v) is 6.47. The number of hydrogen-bond donors (Lipinski definition) is 1. The number of ketones is 1. The van der Waals surface area contributed by atoms with Gasteiger partial charge in [0.2, 0.25) is 11.7 Å². The first-order chi connectivity index (χ1) is 12.0. The van der Waals surface area contributed by atoms with Gasteiger partial charge in [0.05, 0.1) is 0 Å². The van der Waals surface area contributed by atoms with Crippen LogP contribution in [0.15, 0.2) is 48.5 Å². The summed E-state index contributed by atoms with van der Waals surface area (Å²) in [4.78, 5) is 36.7. The number of hydrogen-bond acceptors (Lipinski definition) is 3. The number of likely N-dealkylation sites (tertiary alicyclic amines) is 1. The summed E-state index contributed by atoms with van der Waals surface area (Å²) in [6.07, 6.45) is 0. The molecule has 6 heteroatoms. The number of halogens is 1. The van der Waals surface area contributed by atoms with Crippen LogP contribution in [-0.4, -0.2) is 36.1 Å². The lowest BCUT2D eigenvalue weighted by molar-refractivity contribution is -0.142. The fourth-order valence-electron chi connectivity index (χ4n) is 2.82. The van der Waals surface area contributed by atoms with Crippen LogP contribution in [0, 0.1) is 5.92 Å². The van der Waals surface area contributed by atoms with Crippen LogP contribution in [-0.2, 0) is 20.9 Å². The van der Waals surface area contributed by atoms with E-state index < -0.39 is 23.5 Å². The number of nitrogens with one attached hydrogen (secondary N) is 1. The molecular weight excluding hydrogens is 340 g/mol. The molecule has 128 valence electrons. The third-order valence-corrected chi connectivity index (χ3v) is 4.43. The minimum atomic E-state index is -0.923. The van der Waals surface area contributed by atoms with Crippen molar-refractivity contribution in [3.8, 4) is 11.1 Å². The smallest absolute Gasteiger partial charge is 0.290 e. The van der Waals surface area contributed by atoms with Gasteiger partial charge in [-0.15, -0.1) is 0 Å². The number of amides is 2. The van der Waals surface area contributed by atoms with E-state index in [0.29, 0.717) is 5.02 Å². The van der Waals surface area contributed by atoms with Crippen molar-refractivity contribution < 1.29 is 14.4 Å². The van der Waals surface area contributed by atoms with Gasteiger partial charge in [0.1, 0.15) is 5.92 Å². The van der Waals surface area contributed by atoms with Crippen molar-refractivity contribution in [2.75, 3.05) is 13.6 Å². The van der Waals surface area contributed by atoms with Crippen LogP contribution in [0.1, 0.15) is 5.56 Å². The van der Waals surface area contributed by atoms with E-state index in [1.165, 1.54) is 11.9 Å². The normalized spacial score (nSPS) is 17.0. The molecule has 2 aromatic rings. The van der Waals surface area contributed by atoms with Gasteiger partial charge in [-0.1, -0.05) is 41.9 Å². The standard InChI is InChI=1S/C19H17ClN2O3/c1-22-11-16(17(23)19(22)25)18(24)21-10-12-4-2-5-13(8-12)14-6-3-7-15(20)9-14/h2-9,16H,10-11H2,1H3,(H,21,24). The highest BCUT2D eigenvalue weighted by Crippen LogP contribution is 2.23. The average Bonchev–Trinajstić information content (AvgIpc) is 2.87. The number of Topliss-reactive ketones (excluding diaryl/α,β-unsaturated/α-hetero) is 1. The molecule has 1 N–H and O–H groups in total. The Kier molecular flexibility index (Phi) is 4.86. The highest BCUT2D eigenvalue weighted by Gasteiger charge is 2.41. The fourth-order valence-corrected chi connectivity index (χ4v) is 3.01. The Labute approximate surface area is 150 Å². The summed E-state index contributed by atoms with van der Waals surface area (Å²) in [5.74, 6) is -2.60. The van der Waals surface area contributed by atoms with Gasteiger partial charge >= 0.3 is 0 Å². The predicted octanol–water partition coefficient (Wildman–Crippen LogP) is 2.28. The summed E-state index contributed by atoms with van der Waals surface area (Å²) in [5.41, 5.74) is 2.87. The van der Waals surface area contributed by atoms with Gasteiger partial charge in [0, 0.05) is 25.2 Å². The largest absolute Gasteiger partial charge is 0.351 e. The van der Waals surface area contributed by atoms with E-state index in [-0.39, 0.29) is 13.1 Å². The second kappa shape index (κ2) is 7.07. The Morgan fingerprint density at radius 1 is 1.16 bits per heavy atom. The van der Waals surface area contributed by atoms with Crippen molar-refractivity contribution in [3.63, 3.8) is 0 Å². The molecule has 2 aromatic carbocycles. The van der Waals surface area contributed by atoms with Crippen molar-refractivity contribution in [3.05, 3.63) is 59.1 Å². The van der Waals surface area contributed by atoms with Crippen molar-refractivity contribution in [1.82, 2.24) is 10.2 Å². The molecule has 0 radical (unpaired) electrons. The van der Waals surface area contributed by atoms with Crippen molar-refractivity contribution >= 4 is 29.2 Å². The predicted molar refractivity (Wildman–Crippen MR) is 94.9 cm³/mol. The highest BCUT2D eigenvalue weighted by molar-refractivity contribution is 6.42. The van der Waals surface area contributed by atoms with Gasteiger partial charge in [-0.05, 0) is 34.9 Å². The summed E-state index contributed by atoms with van der Waals surface area (Å²) in [6.45, 7) is 0.418. The summed E-state index contributed by atoms with van der Waals surface area (Å²) in [7, 11) is 1.52. The van der Waals surface area contributed by atoms with Crippen molar-refractivity contribution in [1.29, 1.82) is 0 Å². The molecule has 1 fully saturated rings. The zero-order valence-electron chi connectivity index (χ0n) is 13.7. The van der Waals surface area contributed by atoms with Crippen LogP contribution in [0.2, 0.25) is 5.02 Å². The van der Waals surface area contributed by atoms with Gasteiger partial charge in [-0.2, -0.15) is 0 Å². The molecule has 25 heavy (non-hydrogen) atoms. The van der Waals surface area contributed by atoms with Gasteiger partial charge < -0.3 is 10.2 Å². The summed E-state index contributed by atoms with van der Waals surface area (Å²) in [6, 6.07) is 15.2. The summed E-state index contributed by atoms with van der Waals surface area (Å²) < 4.78 is 0. The first kappa shape index (κ1) is 17.2. The molecule has 0 aliphatic carbocycles. The number of likely N-dealkylation sites (N-methyl/N-ethyl adjacent to an activating group) is 1. The fraction of sp³-hybridized carbons (Fsp3) is 0.211. The van der Waals surface area contributed by atoms with Crippen LogP contribution in [0.5, 0.6) is 0 Å². The molecule has 0 aromatic heterocycles. The Morgan fingerprint density at radius 3 is 2.48 bits per heavy atom. The number of carbonyl (C=O) groups is 3. The third kappa shape index (κ3) is 3.72. The third-order valence-electron chi connectivity index (χ3n) is 4.20. The van der Waals surface area contributed by atoms with E-state index in [2.05, 4.69) is 5.32 Å². The lowest BCUT2D eigenvalue weighted by atomic mass is 10.0. The SMILES string of the molecule is CN1CC(C(=O)NCc2cccc(-c3cccc(Cl)c3)c2)C(=O)C1=O. The van der Waals surface area contributed by atoms with Crippen LogP contribution >= 0.6 is 11.6 Å². The van der Waals surface area contributed by atoms with E-state index in [0.717, 1.165) is 16.7 Å². The molecule has 5 nitrogen and oxygen atoms in total. The minimum Gasteiger partial charge on any atom is -0.351 e. The number of nitrogens with zero attached hydrogens (tertiary/aromatic N) is 1. The Morgan fingerprint density at radius 2 is 1.84 bits per heavy atom. The Balaban J connectivity index is 1.68. The van der Waals surface area contributed by atoms with Crippen molar-refractivity contribution in [2.45, 2.75) is 6.54 Å². The number of benzene rings is 2. The molecule has 1 heterocycles. The second-order valence-electron chi connectivity index (χ2n) is 6.03. The zero-order valence-corrected chi connectivity index (χ0v) is 14.4. The van der Waals surface area contributed by atoms with Gasteiger partial charge in [0.15, 0.2) is 0 Å². The monoisotopic (exact) mass is 356 g/mol. The van der Waals surface area contributed by atoms with Crippen molar-refractivity contribution in [2.24, 2.45) is 5.92 Å². The van der Waals surface area contributed by atoms with E-state index in [4.69, 9.17) is 11.6 Å². The first-order valence-electron chi connectivity index (χ1n) is 7.87. The molecule has 0 bridgehead atoms. The molecule has 0 saturated carbocycles. The minimum absolute atomic E-state index is 0.131. The first-order valence-corrected chi connectivity index (χ1v) is 8.25. The zero-order chi connectivity index (χ0) is 18.0. The molecule has 1 aliphatic rings. The number of rotatable bonds is 4. The van der Waals surface area contributed by atoms with Crippen LogP contribution in [0.3, 0.4) is 0 Å². The molecule has 1 saturated heterocycles. The van der Waals surface area contributed by atoms with E-state index in [1.807, 2.05) is 48.5 Å². The van der Waals surface area contributed by atoms with Gasteiger partial charge in [-0.25, -0.2) is 0 Å². The molecular formula is C19H17ClN2O3. The maximum Gasteiger partial charge on any atom is 0.290 e. The lowest BCUT2D eigenvalue weighted by Gasteiger charge is -2.11. The van der Waals surface area contributed by atoms with E-state index >= 15 is 0 Å². The van der Waals surface area contributed by atoms with Gasteiger partial charge in [-0.3, -0.25) is 14.4 Å². The van der Waals surface area contributed by atoms with Crippen LogP contribution in [0.4, 0.5) is 0 Å². The number of carbonyl (C=O) groups excluding carboxylic acids is 3. The molecule has 2 amide bonds. The van der Waals surface area contributed by atoms with E-state index in [9.17, 15) is 14.4 Å². The van der Waals surface area contributed by atoms with Crippen LogP contribution in [0.25, 0.3) is 11.1 Å². The van der Waals surface area contributed by atoms with Crippen LogP contribution < -0.4 is 5.32 Å². The Bertz CT molecular complexity index is 850. The molecule has 1 unspecified atom stereocenters. The summed E-state index contributed by atoms with van der Waals surface area (Å²) >= 11 is 6.03. The molecule has 3 rings (SSSR count).